The molecular formula is C47H54O15Si3. The van der Waals surface area contributed by atoms with Crippen LogP contribution in [0.2, 0.25) is 0 Å². The van der Waals surface area contributed by atoms with Crippen LogP contribution in [0.5, 0.6) is 0 Å². The van der Waals surface area contributed by atoms with Crippen molar-refractivity contribution in [3.05, 3.63) is 180 Å². The second-order valence-electron chi connectivity index (χ2n) is 14.4. The Bertz CT molecular complexity index is 1920. The highest BCUT2D eigenvalue weighted by Crippen LogP contribution is 2.42. The SMILES string of the molecule is C=C[SiH](C=C)C(OC(=O)OOC(=O)c1ccc(CC)cc1)C(C)(C(OC(=O)OOC(=O)c1ccc(CC)cc1)[SiH](C=C)C=C)C(OC(=O)OOC(=O)c1ccc(CC)cc1)[SiH](C=C)C=C. The maximum absolute atomic E-state index is 13.7. The Balaban J connectivity index is 2.14. The summed E-state index contributed by atoms with van der Waals surface area (Å²) in [7, 11) is -8.88. The normalized spacial score (nSPS) is 13.0. The molecule has 0 saturated carbocycles. The van der Waals surface area contributed by atoms with Crippen molar-refractivity contribution in [1.29, 1.82) is 0 Å². The zero-order valence-electron chi connectivity index (χ0n) is 36.8. The molecule has 18 heteroatoms. The largest absolute Gasteiger partial charge is 0.549 e. The van der Waals surface area contributed by atoms with E-state index in [1.54, 1.807) is 36.4 Å². The highest BCUT2D eigenvalue weighted by atomic mass is 28.3. The van der Waals surface area contributed by atoms with E-state index >= 15 is 0 Å². The summed E-state index contributed by atoms with van der Waals surface area (Å²) in [4.78, 5) is 109. The summed E-state index contributed by atoms with van der Waals surface area (Å²) >= 11 is 0. The van der Waals surface area contributed by atoms with Gasteiger partial charge in [-0.25, -0.2) is 43.7 Å². The van der Waals surface area contributed by atoms with E-state index in [1.807, 2.05) is 20.8 Å². The molecule has 0 saturated heterocycles. The molecule has 0 aliphatic carbocycles. The summed E-state index contributed by atoms with van der Waals surface area (Å²) in [5.74, 6) is -3.08. The molecule has 15 nitrogen and oxygen atoms in total. The number of hydrogen-bond donors (Lipinski definition) is 0. The lowest BCUT2D eigenvalue weighted by Gasteiger charge is -2.49. The van der Waals surface area contributed by atoms with Gasteiger partial charge < -0.3 is 14.2 Å². The molecule has 3 unspecified atom stereocenters. The Morgan fingerprint density at radius 1 is 0.431 bits per heavy atom. The van der Waals surface area contributed by atoms with E-state index in [9.17, 15) is 28.8 Å². The summed E-state index contributed by atoms with van der Waals surface area (Å²) in [6.45, 7) is 30.8. The number of benzene rings is 3. The van der Waals surface area contributed by atoms with Crippen LogP contribution in [0.25, 0.3) is 0 Å². The molecular weight excluding hydrogens is 889 g/mol. The zero-order valence-corrected chi connectivity index (χ0v) is 40.3. The van der Waals surface area contributed by atoms with Crippen LogP contribution in [0.1, 0.15) is 75.5 Å². The summed E-state index contributed by atoms with van der Waals surface area (Å²) in [5.41, 5.74) is 5.22. The molecule has 0 bridgehead atoms. The van der Waals surface area contributed by atoms with E-state index < -0.39 is 85.4 Å². The third-order valence-corrected chi connectivity index (χ3v) is 18.5. The minimum Gasteiger partial charge on any atom is -0.431 e. The van der Waals surface area contributed by atoms with Crippen LogP contribution in [0.3, 0.4) is 0 Å². The van der Waals surface area contributed by atoms with Crippen LogP contribution >= 0.6 is 0 Å². The second-order valence-corrected chi connectivity index (χ2v) is 22.5. The molecule has 3 rings (SSSR count). The maximum atomic E-state index is 13.7. The molecule has 3 aromatic rings. The predicted octanol–water partition coefficient (Wildman–Crippen LogP) is 8.21. The molecule has 0 aromatic heterocycles. The maximum Gasteiger partial charge on any atom is 0.549 e. The fourth-order valence-electron chi connectivity index (χ4n) is 6.74. The fourth-order valence-corrected chi connectivity index (χ4v) is 13.9. The van der Waals surface area contributed by atoms with Crippen molar-refractivity contribution in [3.8, 4) is 0 Å². The van der Waals surface area contributed by atoms with Gasteiger partial charge in [0.1, 0.15) is 43.6 Å². The quantitative estimate of drug-likeness (QED) is 0.0327. The number of aryl methyl sites for hydroxylation is 3. The van der Waals surface area contributed by atoms with Gasteiger partial charge in [0.2, 0.25) is 0 Å². The van der Waals surface area contributed by atoms with Crippen LogP contribution in [0.4, 0.5) is 14.4 Å². The van der Waals surface area contributed by atoms with Crippen molar-refractivity contribution in [2.45, 2.75) is 64.1 Å². The number of carbonyl (C=O) groups excluding carboxylic acids is 6. The number of rotatable bonds is 21. The van der Waals surface area contributed by atoms with Gasteiger partial charge in [-0.3, -0.25) is 0 Å². The van der Waals surface area contributed by atoms with Crippen molar-refractivity contribution in [3.63, 3.8) is 0 Å². The third kappa shape index (κ3) is 14.2. The Morgan fingerprint density at radius 2 is 0.646 bits per heavy atom. The number of ether oxygens (including phenoxy) is 3. The van der Waals surface area contributed by atoms with Crippen LogP contribution in [0.15, 0.2) is 146 Å². The average molecular weight is 943 g/mol. The van der Waals surface area contributed by atoms with Gasteiger partial charge in [0.05, 0.1) is 22.1 Å². The lowest BCUT2D eigenvalue weighted by Crippen LogP contribution is -2.66. The van der Waals surface area contributed by atoms with Crippen molar-refractivity contribution in [2.75, 3.05) is 0 Å². The van der Waals surface area contributed by atoms with Gasteiger partial charge >= 0.3 is 36.4 Å². The number of hydrogen-bond acceptors (Lipinski definition) is 15. The molecule has 0 radical (unpaired) electrons. The standard InChI is InChI=1S/C47H54O15Si3/c1-11-32-20-26-35(27-21-32)38(48)57-60-44(51)54-41(63(14-4)15-5)47(10,42(64(16-6)17-7)55-45(52)61-58-39(49)36-28-22-33(12-2)23-29-36)43(65(18-8)19-9)56-46(53)62-59-40(50)37-30-24-34(13-3)25-31-37/h14-31,41-43,63-65H,4-9,11-13H2,1-3,10H3. The molecule has 65 heavy (non-hydrogen) atoms. The average Bonchev–Trinajstić information content (AvgIpc) is 3.34. The van der Waals surface area contributed by atoms with Crippen LogP contribution in [0, 0.1) is 5.41 Å². The lowest BCUT2D eigenvalue weighted by molar-refractivity contribution is -0.224. The second kappa shape index (κ2) is 25.9. The Kier molecular flexibility index (Phi) is 20.9. The fraction of sp³-hybridized carbons (Fsp3) is 0.234. The molecule has 0 amide bonds. The summed E-state index contributed by atoms with van der Waals surface area (Å²) in [5, 5.41) is 0. The van der Waals surface area contributed by atoms with Crippen LogP contribution in [-0.4, -0.2) is 79.9 Å². The summed E-state index contributed by atoms with van der Waals surface area (Å²) in [6, 6.07) is 19.1. The van der Waals surface area contributed by atoms with E-state index in [1.165, 1.54) is 77.5 Å². The minimum atomic E-state index is -2.96. The minimum absolute atomic E-state index is 0.0636. The van der Waals surface area contributed by atoms with E-state index in [-0.39, 0.29) is 16.7 Å². The van der Waals surface area contributed by atoms with Gasteiger partial charge in [-0.2, -0.15) is 14.4 Å². The molecule has 344 valence electrons. The van der Waals surface area contributed by atoms with Crippen molar-refractivity contribution >= 4 is 62.8 Å². The first kappa shape index (κ1) is 52.3. The van der Waals surface area contributed by atoms with E-state index in [4.69, 9.17) is 43.5 Å². The molecule has 0 N–H and O–H groups in total. The predicted molar refractivity (Wildman–Crippen MR) is 249 cm³/mol. The molecule has 0 spiro atoms. The van der Waals surface area contributed by atoms with Crippen molar-refractivity contribution < 1.29 is 72.3 Å². The van der Waals surface area contributed by atoms with Gasteiger partial charge in [0.15, 0.2) is 0 Å². The third-order valence-electron chi connectivity index (χ3n) is 10.5. The van der Waals surface area contributed by atoms with Crippen molar-refractivity contribution in [1.82, 2.24) is 0 Å². The first-order valence-corrected chi connectivity index (χ1v) is 26.5. The summed E-state index contributed by atoms with van der Waals surface area (Å²) < 4.78 is 18.0. The summed E-state index contributed by atoms with van der Waals surface area (Å²) in [6.07, 6.45) is -2.50. The molecule has 0 fully saturated rings. The first-order chi connectivity index (χ1) is 31.2. The molecule has 0 heterocycles. The van der Waals surface area contributed by atoms with Crippen LogP contribution < -0.4 is 0 Å². The van der Waals surface area contributed by atoms with Gasteiger partial charge in [0.25, 0.3) is 0 Å². The molecule has 3 atom stereocenters. The van der Waals surface area contributed by atoms with Gasteiger partial charge in [0, 0.05) is 0 Å². The Hall–Kier alpha value is -7.03. The smallest absolute Gasteiger partial charge is 0.431 e. The Labute approximate surface area is 383 Å². The first-order valence-electron chi connectivity index (χ1n) is 20.5. The van der Waals surface area contributed by atoms with Gasteiger partial charge in [-0.1, -0.05) is 91.4 Å². The van der Waals surface area contributed by atoms with E-state index in [0.29, 0.717) is 19.3 Å². The highest BCUT2D eigenvalue weighted by molar-refractivity contribution is 6.74. The van der Waals surface area contributed by atoms with Crippen LogP contribution in [-0.2, 0) is 62.8 Å². The molecule has 0 aliphatic heterocycles. The monoisotopic (exact) mass is 942 g/mol. The topological polar surface area (TPSA) is 185 Å². The van der Waals surface area contributed by atoms with E-state index in [2.05, 4.69) is 39.5 Å². The highest BCUT2D eigenvalue weighted by Gasteiger charge is 2.59. The Morgan fingerprint density at radius 3 is 0.831 bits per heavy atom. The molecule has 3 aromatic carbocycles. The van der Waals surface area contributed by atoms with Crippen molar-refractivity contribution in [2.24, 2.45) is 5.41 Å². The zero-order chi connectivity index (χ0) is 48.1. The van der Waals surface area contributed by atoms with E-state index in [0.717, 1.165) is 16.7 Å². The number of carbonyl (C=O) groups is 6. The van der Waals surface area contributed by atoms with Gasteiger partial charge in [-0.15, -0.1) is 39.5 Å². The van der Waals surface area contributed by atoms with Gasteiger partial charge in [-0.05, 0) is 79.3 Å². The lowest BCUT2D eigenvalue weighted by atomic mass is 9.92. The molecule has 0 aliphatic rings.